The molecule has 0 fully saturated rings. The van der Waals surface area contributed by atoms with Crippen molar-refractivity contribution in [1.29, 1.82) is 0 Å². The van der Waals surface area contributed by atoms with E-state index in [2.05, 4.69) is 53.5 Å². The van der Waals surface area contributed by atoms with Gasteiger partial charge in [0.05, 0.1) is 5.69 Å². The maximum absolute atomic E-state index is 11.6. The molecule has 0 bridgehead atoms. The summed E-state index contributed by atoms with van der Waals surface area (Å²) in [5.74, 6) is 0.623. The third kappa shape index (κ3) is 8.91. The predicted octanol–water partition coefficient (Wildman–Crippen LogP) is 6.03. The summed E-state index contributed by atoms with van der Waals surface area (Å²) >= 11 is 0. The lowest BCUT2D eigenvalue weighted by Gasteiger charge is -2.22. The number of primary amides is 1. The number of benzene rings is 3. The summed E-state index contributed by atoms with van der Waals surface area (Å²) in [5.41, 5.74) is 9.66. The topological polar surface area (TPSA) is 67.6 Å². The van der Waals surface area contributed by atoms with Crippen molar-refractivity contribution in [2.75, 3.05) is 25.0 Å². The second-order valence-corrected chi connectivity index (χ2v) is 8.63. The first-order chi connectivity index (χ1) is 16.6. The number of unbranched alkanes of at least 4 members (excludes halogenated alkanes) is 1. The fraction of sp³-hybridized carbons (Fsp3) is 0.345. The average molecular weight is 460 g/mol. The second kappa shape index (κ2) is 14.1. The zero-order valence-corrected chi connectivity index (χ0v) is 20.2. The number of aryl methyl sites for hydroxylation is 1. The maximum atomic E-state index is 11.6. The quantitative estimate of drug-likeness (QED) is 0.289. The maximum Gasteiger partial charge on any atom is 0.316 e. The van der Waals surface area contributed by atoms with Crippen LogP contribution in [-0.2, 0) is 19.4 Å². The highest BCUT2D eigenvalue weighted by Gasteiger charge is 2.10. The molecule has 2 amide bonds. The number of nitrogens with zero attached hydrogens (tertiary/aromatic N) is 1. The van der Waals surface area contributed by atoms with Crippen LogP contribution in [0, 0.1) is 0 Å². The summed E-state index contributed by atoms with van der Waals surface area (Å²) in [6, 6.07) is 26.0. The number of hydrogen-bond acceptors (Lipinski definition) is 3. The van der Waals surface area contributed by atoms with E-state index in [1.54, 1.807) is 0 Å². The van der Waals surface area contributed by atoms with Crippen LogP contribution in [0.5, 0.6) is 5.75 Å². The molecule has 0 atom stereocenters. The molecule has 0 saturated heterocycles. The Kier molecular flexibility index (Phi) is 10.5. The second-order valence-electron chi connectivity index (χ2n) is 8.63. The Balaban J connectivity index is 1.53. The Morgan fingerprint density at radius 3 is 2.21 bits per heavy atom. The Morgan fingerprint density at radius 2 is 1.53 bits per heavy atom. The van der Waals surface area contributed by atoms with E-state index in [1.165, 1.54) is 18.4 Å². The fourth-order valence-corrected chi connectivity index (χ4v) is 4.07. The summed E-state index contributed by atoms with van der Waals surface area (Å²) in [4.78, 5) is 14.1. The van der Waals surface area contributed by atoms with Gasteiger partial charge in [0, 0.05) is 6.54 Å². The van der Waals surface area contributed by atoms with Crippen molar-refractivity contribution in [2.45, 2.75) is 45.6 Å². The lowest BCUT2D eigenvalue weighted by molar-refractivity contribution is 0.259. The molecule has 3 rings (SSSR count). The van der Waals surface area contributed by atoms with E-state index in [-0.39, 0.29) is 0 Å². The first-order valence-corrected chi connectivity index (χ1v) is 12.3. The minimum Gasteiger partial charge on any atom is -0.487 e. The first-order valence-electron chi connectivity index (χ1n) is 12.3. The van der Waals surface area contributed by atoms with Gasteiger partial charge < -0.3 is 20.7 Å². The summed E-state index contributed by atoms with van der Waals surface area (Å²) in [7, 11) is 0. The van der Waals surface area contributed by atoms with E-state index in [0.717, 1.165) is 50.0 Å². The first kappa shape index (κ1) is 25.3. The van der Waals surface area contributed by atoms with Gasteiger partial charge in [0.2, 0.25) is 0 Å². The Labute approximate surface area is 203 Å². The van der Waals surface area contributed by atoms with Crippen LogP contribution in [0.2, 0.25) is 0 Å². The number of carbonyl (C=O) groups is 1. The number of nitrogens with one attached hydrogen (secondary N) is 1. The van der Waals surface area contributed by atoms with Gasteiger partial charge in [0.15, 0.2) is 0 Å². The third-order valence-corrected chi connectivity index (χ3v) is 5.83. The van der Waals surface area contributed by atoms with Crippen molar-refractivity contribution >= 4 is 11.7 Å². The third-order valence-electron chi connectivity index (χ3n) is 5.83. The Bertz CT molecular complexity index is 993. The molecule has 34 heavy (non-hydrogen) atoms. The predicted molar refractivity (Wildman–Crippen MR) is 140 cm³/mol. The molecular formula is C29H37N3O2. The van der Waals surface area contributed by atoms with Crippen LogP contribution in [0.3, 0.4) is 0 Å². The minimum absolute atomic E-state index is 0.431. The van der Waals surface area contributed by atoms with Crippen molar-refractivity contribution in [3.8, 4) is 5.75 Å². The molecule has 3 aromatic carbocycles. The molecule has 0 aliphatic carbocycles. The molecule has 0 radical (unpaired) electrons. The van der Waals surface area contributed by atoms with Gasteiger partial charge in [0.25, 0.3) is 0 Å². The van der Waals surface area contributed by atoms with Gasteiger partial charge in [-0.1, -0.05) is 73.7 Å². The van der Waals surface area contributed by atoms with Crippen LogP contribution in [0.4, 0.5) is 10.5 Å². The Morgan fingerprint density at radius 1 is 0.824 bits per heavy atom. The van der Waals surface area contributed by atoms with Crippen LogP contribution in [0.1, 0.15) is 42.9 Å². The monoisotopic (exact) mass is 459 g/mol. The molecule has 180 valence electrons. The molecule has 0 aromatic heterocycles. The van der Waals surface area contributed by atoms with Crippen molar-refractivity contribution in [3.63, 3.8) is 0 Å². The molecule has 0 unspecified atom stereocenters. The number of hydrogen-bond donors (Lipinski definition) is 2. The van der Waals surface area contributed by atoms with Gasteiger partial charge in [0.1, 0.15) is 12.4 Å². The average Bonchev–Trinajstić information content (AvgIpc) is 2.85. The van der Waals surface area contributed by atoms with E-state index in [9.17, 15) is 4.79 Å². The summed E-state index contributed by atoms with van der Waals surface area (Å²) in [5, 5.41) is 2.72. The highest BCUT2D eigenvalue weighted by molar-refractivity contribution is 5.89. The van der Waals surface area contributed by atoms with Crippen LogP contribution < -0.4 is 15.8 Å². The SMILES string of the molecule is CCCN(CCCCc1ccccc1)CCc1ccc(OCc2ccccc2)c(NC(N)=O)c1. The lowest BCUT2D eigenvalue weighted by atomic mass is 10.1. The van der Waals surface area contributed by atoms with Crippen LogP contribution in [0.25, 0.3) is 0 Å². The number of rotatable bonds is 14. The van der Waals surface area contributed by atoms with E-state index >= 15 is 0 Å². The number of carbonyl (C=O) groups excluding carboxylic acids is 1. The minimum atomic E-state index is -0.590. The molecule has 0 aliphatic rings. The molecule has 0 heterocycles. The molecule has 0 saturated carbocycles. The fourth-order valence-electron chi connectivity index (χ4n) is 4.07. The lowest BCUT2D eigenvalue weighted by Crippen LogP contribution is -2.28. The highest BCUT2D eigenvalue weighted by Crippen LogP contribution is 2.27. The Hall–Kier alpha value is -3.31. The molecule has 0 spiro atoms. The molecular weight excluding hydrogens is 422 g/mol. The highest BCUT2D eigenvalue weighted by atomic mass is 16.5. The van der Waals surface area contributed by atoms with Gasteiger partial charge in [-0.3, -0.25) is 0 Å². The number of amides is 2. The summed E-state index contributed by atoms with van der Waals surface area (Å²) < 4.78 is 5.96. The van der Waals surface area contributed by atoms with Crippen molar-refractivity contribution in [3.05, 3.63) is 95.6 Å². The number of ether oxygens (including phenoxy) is 1. The number of urea groups is 1. The van der Waals surface area contributed by atoms with Crippen LogP contribution in [-0.4, -0.2) is 30.6 Å². The van der Waals surface area contributed by atoms with Crippen LogP contribution in [0.15, 0.2) is 78.9 Å². The largest absolute Gasteiger partial charge is 0.487 e. The molecule has 5 heteroatoms. The zero-order valence-electron chi connectivity index (χ0n) is 20.2. The van der Waals surface area contributed by atoms with Crippen molar-refractivity contribution in [2.24, 2.45) is 5.73 Å². The standard InChI is InChI=1S/C29H37N3O2/c1-2-19-32(20-10-9-13-24-11-5-3-6-12-24)21-18-25-16-17-28(27(22-25)31-29(30)33)34-23-26-14-7-4-8-15-26/h3-8,11-12,14-17,22H,2,9-10,13,18-21,23H2,1H3,(H3,30,31,33). The van der Waals surface area contributed by atoms with Crippen molar-refractivity contribution < 1.29 is 9.53 Å². The smallest absolute Gasteiger partial charge is 0.316 e. The molecule has 5 nitrogen and oxygen atoms in total. The van der Waals surface area contributed by atoms with Gasteiger partial charge >= 0.3 is 6.03 Å². The van der Waals surface area contributed by atoms with E-state index in [1.807, 2.05) is 42.5 Å². The number of anilines is 1. The van der Waals surface area contributed by atoms with Gasteiger partial charge in [-0.25, -0.2) is 4.79 Å². The van der Waals surface area contributed by atoms with E-state index in [0.29, 0.717) is 18.0 Å². The number of nitrogens with two attached hydrogens (primary N) is 1. The summed E-state index contributed by atoms with van der Waals surface area (Å²) in [6.07, 6.45) is 5.57. The molecule has 3 aromatic rings. The normalized spacial score (nSPS) is 10.9. The van der Waals surface area contributed by atoms with E-state index in [4.69, 9.17) is 10.5 Å². The van der Waals surface area contributed by atoms with Gasteiger partial charge in [-0.2, -0.15) is 0 Å². The van der Waals surface area contributed by atoms with Gasteiger partial charge in [-0.05, 0) is 74.0 Å². The van der Waals surface area contributed by atoms with Crippen LogP contribution >= 0.6 is 0 Å². The summed E-state index contributed by atoms with van der Waals surface area (Å²) in [6.45, 7) is 5.84. The van der Waals surface area contributed by atoms with Crippen molar-refractivity contribution in [1.82, 2.24) is 4.90 Å². The van der Waals surface area contributed by atoms with E-state index < -0.39 is 6.03 Å². The molecule has 0 aliphatic heterocycles. The molecule has 3 N–H and O–H groups in total. The van der Waals surface area contributed by atoms with Gasteiger partial charge in [-0.15, -0.1) is 0 Å². The zero-order chi connectivity index (χ0) is 24.0.